The molecule has 0 aliphatic heterocycles. The molecule has 1 unspecified atom stereocenters. The number of nitrogens with two attached hydrogens (primary N) is 1. The van der Waals surface area contributed by atoms with Crippen molar-refractivity contribution in [2.24, 2.45) is 12.8 Å². The van der Waals surface area contributed by atoms with E-state index in [0.29, 0.717) is 11.7 Å². The van der Waals surface area contributed by atoms with Crippen LogP contribution in [-0.4, -0.2) is 21.3 Å². The number of nitrogens with zero attached hydrogens (tertiary/aromatic N) is 3. The quantitative estimate of drug-likeness (QED) is 0.845. The molecule has 0 spiro atoms. The van der Waals surface area contributed by atoms with E-state index in [2.05, 4.69) is 10.1 Å². The highest BCUT2D eigenvalue weighted by Gasteiger charge is 2.30. The fourth-order valence-electron chi connectivity index (χ4n) is 1.79. The van der Waals surface area contributed by atoms with E-state index in [0.717, 1.165) is 11.3 Å². The van der Waals surface area contributed by atoms with Crippen LogP contribution in [-0.2, 0) is 12.5 Å². The highest BCUT2D eigenvalue weighted by atomic mass is 35.5. The Bertz CT molecular complexity index is 523. The zero-order valence-electron chi connectivity index (χ0n) is 9.89. The van der Waals surface area contributed by atoms with Crippen LogP contribution in [0.5, 0.6) is 0 Å². The first-order valence-corrected chi connectivity index (χ1v) is 5.76. The highest BCUT2D eigenvalue weighted by molar-refractivity contribution is 6.29. The van der Waals surface area contributed by atoms with Crippen LogP contribution in [0.3, 0.4) is 0 Å². The number of hydrogen-bond acceptors (Lipinski definition) is 3. The summed E-state index contributed by atoms with van der Waals surface area (Å²) in [4.78, 5) is 4.35. The lowest BCUT2D eigenvalue weighted by Crippen LogP contribution is -2.33. The number of hydrogen-bond donors (Lipinski definition) is 1. The van der Waals surface area contributed by atoms with Crippen molar-refractivity contribution in [3.8, 4) is 0 Å². The Morgan fingerprint density at radius 1 is 1.47 bits per heavy atom. The van der Waals surface area contributed by atoms with E-state index in [9.17, 15) is 0 Å². The molecule has 0 radical (unpaired) electrons. The van der Waals surface area contributed by atoms with Crippen molar-refractivity contribution in [1.82, 2.24) is 14.8 Å². The van der Waals surface area contributed by atoms with Gasteiger partial charge in [-0.05, 0) is 19.1 Å². The molecule has 2 heterocycles. The van der Waals surface area contributed by atoms with Crippen molar-refractivity contribution in [3.05, 3.63) is 47.0 Å². The second-order valence-electron chi connectivity index (χ2n) is 4.28. The van der Waals surface area contributed by atoms with E-state index in [1.807, 2.05) is 38.5 Å². The van der Waals surface area contributed by atoms with Crippen LogP contribution in [0.2, 0.25) is 5.15 Å². The van der Waals surface area contributed by atoms with E-state index in [1.54, 1.807) is 10.7 Å². The Morgan fingerprint density at radius 3 is 2.76 bits per heavy atom. The molecule has 0 saturated carbocycles. The molecule has 0 aliphatic rings. The largest absolute Gasteiger partial charge is 0.329 e. The Kier molecular flexibility index (Phi) is 3.17. The predicted octanol–water partition coefficient (Wildman–Crippen LogP) is 1.73. The molecule has 2 N–H and O–H groups in total. The lowest BCUT2D eigenvalue weighted by atomic mass is 9.81. The summed E-state index contributed by atoms with van der Waals surface area (Å²) < 4.78 is 1.76. The summed E-state index contributed by atoms with van der Waals surface area (Å²) in [6, 6.07) is 5.58. The fraction of sp³-hybridized carbons (Fsp3) is 0.333. The van der Waals surface area contributed by atoms with E-state index in [4.69, 9.17) is 17.3 Å². The third-order valence-corrected chi connectivity index (χ3v) is 3.24. The number of pyridine rings is 1. The molecular weight excluding hydrogens is 236 g/mol. The molecule has 1 atom stereocenters. The Labute approximate surface area is 105 Å². The number of rotatable bonds is 3. The summed E-state index contributed by atoms with van der Waals surface area (Å²) in [5, 5.41) is 4.66. The van der Waals surface area contributed by atoms with Crippen LogP contribution >= 0.6 is 11.6 Å². The average molecular weight is 251 g/mol. The maximum absolute atomic E-state index is 5.93. The zero-order valence-corrected chi connectivity index (χ0v) is 10.6. The summed E-state index contributed by atoms with van der Waals surface area (Å²) in [6.45, 7) is 2.49. The molecule has 0 saturated heterocycles. The highest BCUT2D eigenvalue weighted by Crippen LogP contribution is 2.29. The standard InChI is InChI=1S/C12H15ClN4/c1-12(8-14,9-6-15-17(2)7-9)10-4-3-5-11(13)16-10/h3-7H,8,14H2,1-2H3. The molecular formula is C12H15ClN4. The lowest BCUT2D eigenvalue weighted by molar-refractivity contribution is 0.564. The SMILES string of the molecule is Cn1cc(C(C)(CN)c2cccc(Cl)n2)cn1. The molecule has 90 valence electrons. The van der Waals surface area contributed by atoms with Gasteiger partial charge >= 0.3 is 0 Å². The normalized spacial score (nSPS) is 14.6. The lowest BCUT2D eigenvalue weighted by Gasteiger charge is -2.26. The van der Waals surface area contributed by atoms with Gasteiger partial charge < -0.3 is 5.73 Å². The summed E-state index contributed by atoms with van der Waals surface area (Å²) in [5.74, 6) is 0. The molecule has 4 nitrogen and oxygen atoms in total. The monoisotopic (exact) mass is 250 g/mol. The van der Waals surface area contributed by atoms with Crippen LogP contribution in [0.15, 0.2) is 30.6 Å². The van der Waals surface area contributed by atoms with Crippen LogP contribution < -0.4 is 5.73 Å². The first-order valence-electron chi connectivity index (χ1n) is 5.38. The van der Waals surface area contributed by atoms with Crippen LogP contribution in [0.4, 0.5) is 0 Å². The van der Waals surface area contributed by atoms with Crippen molar-refractivity contribution in [3.63, 3.8) is 0 Å². The fourth-order valence-corrected chi connectivity index (χ4v) is 1.96. The summed E-state index contributed by atoms with van der Waals surface area (Å²) in [6.07, 6.45) is 3.77. The van der Waals surface area contributed by atoms with Crippen molar-refractivity contribution < 1.29 is 0 Å². The van der Waals surface area contributed by atoms with Gasteiger partial charge in [-0.1, -0.05) is 17.7 Å². The van der Waals surface area contributed by atoms with E-state index in [-0.39, 0.29) is 5.41 Å². The van der Waals surface area contributed by atoms with Gasteiger partial charge in [0.25, 0.3) is 0 Å². The van der Waals surface area contributed by atoms with Crippen LogP contribution in [0, 0.1) is 0 Å². The average Bonchev–Trinajstić information content (AvgIpc) is 2.75. The van der Waals surface area contributed by atoms with E-state index >= 15 is 0 Å². The van der Waals surface area contributed by atoms with Gasteiger partial charge in [0.05, 0.1) is 17.3 Å². The van der Waals surface area contributed by atoms with Crippen molar-refractivity contribution in [2.45, 2.75) is 12.3 Å². The Morgan fingerprint density at radius 2 is 2.24 bits per heavy atom. The second kappa shape index (κ2) is 4.47. The number of halogens is 1. The molecule has 0 fully saturated rings. The molecule has 0 bridgehead atoms. The smallest absolute Gasteiger partial charge is 0.129 e. The van der Waals surface area contributed by atoms with Gasteiger partial charge in [0.2, 0.25) is 0 Å². The van der Waals surface area contributed by atoms with E-state index < -0.39 is 0 Å². The first kappa shape index (κ1) is 12.1. The Hall–Kier alpha value is -1.39. The molecule has 2 rings (SSSR count). The molecule has 0 aromatic carbocycles. The van der Waals surface area contributed by atoms with Gasteiger partial charge in [-0.15, -0.1) is 0 Å². The predicted molar refractivity (Wildman–Crippen MR) is 68.0 cm³/mol. The van der Waals surface area contributed by atoms with E-state index in [1.165, 1.54) is 0 Å². The molecule has 5 heteroatoms. The molecule has 0 aliphatic carbocycles. The summed E-state index contributed by atoms with van der Waals surface area (Å²) in [7, 11) is 1.88. The number of aryl methyl sites for hydroxylation is 1. The van der Waals surface area contributed by atoms with Crippen molar-refractivity contribution in [1.29, 1.82) is 0 Å². The summed E-state index contributed by atoms with van der Waals surface area (Å²) >= 11 is 5.93. The maximum Gasteiger partial charge on any atom is 0.129 e. The maximum atomic E-state index is 5.93. The molecule has 2 aromatic rings. The first-order chi connectivity index (χ1) is 8.06. The zero-order chi connectivity index (χ0) is 12.5. The third-order valence-electron chi connectivity index (χ3n) is 3.03. The second-order valence-corrected chi connectivity index (χ2v) is 4.67. The molecule has 0 amide bonds. The van der Waals surface area contributed by atoms with Gasteiger partial charge in [0, 0.05) is 25.4 Å². The topological polar surface area (TPSA) is 56.7 Å². The number of aromatic nitrogens is 3. The summed E-state index contributed by atoms with van der Waals surface area (Å²) in [5.41, 5.74) is 7.45. The minimum absolute atomic E-state index is 0.362. The van der Waals surface area contributed by atoms with Gasteiger partial charge in [0.1, 0.15) is 5.15 Å². The van der Waals surface area contributed by atoms with Gasteiger partial charge in [0.15, 0.2) is 0 Å². The third kappa shape index (κ3) is 2.18. The van der Waals surface area contributed by atoms with Crippen LogP contribution in [0.1, 0.15) is 18.2 Å². The van der Waals surface area contributed by atoms with Crippen molar-refractivity contribution in [2.75, 3.05) is 6.54 Å². The molecule has 2 aromatic heterocycles. The van der Waals surface area contributed by atoms with Crippen LogP contribution in [0.25, 0.3) is 0 Å². The van der Waals surface area contributed by atoms with Crippen molar-refractivity contribution >= 4 is 11.6 Å². The Balaban J connectivity index is 2.51. The minimum Gasteiger partial charge on any atom is -0.329 e. The van der Waals surface area contributed by atoms with Gasteiger partial charge in [-0.3, -0.25) is 4.68 Å². The molecule has 17 heavy (non-hydrogen) atoms. The van der Waals surface area contributed by atoms with Gasteiger partial charge in [-0.2, -0.15) is 5.10 Å². The van der Waals surface area contributed by atoms with Gasteiger partial charge in [-0.25, -0.2) is 4.98 Å². The minimum atomic E-state index is -0.362.